The quantitative estimate of drug-likeness (QED) is 0.828. The molecule has 2 heteroatoms. The Bertz CT molecular complexity index is 381. The predicted octanol–water partition coefficient (Wildman–Crippen LogP) is 4.71. The third-order valence-electron chi connectivity index (χ3n) is 4.23. The van der Waals surface area contributed by atoms with Crippen LogP contribution in [-0.2, 0) is 0 Å². The van der Waals surface area contributed by atoms with Crippen LogP contribution < -0.4 is 10.1 Å². The van der Waals surface area contributed by atoms with Crippen molar-refractivity contribution >= 4 is 5.69 Å². The largest absolute Gasteiger partial charge is 0.494 e. The van der Waals surface area contributed by atoms with Gasteiger partial charge in [0, 0.05) is 17.8 Å². The predicted molar refractivity (Wildman–Crippen MR) is 81.8 cm³/mol. The zero-order chi connectivity index (χ0) is 13.7. The van der Waals surface area contributed by atoms with Gasteiger partial charge in [-0.15, -0.1) is 0 Å². The van der Waals surface area contributed by atoms with Crippen LogP contribution in [0.2, 0.25) is 0 Å². The molecule has 1 aliphatic rings. The van der Waals surface area contributed by atoms with Crippen molar-refractivity contribution in [1.29, 1.82) is 0 Å². The number of benzene rings is 1. The van der Waals surface area contributed by atoms with Crippen LogP contribution in [0.15, 0.2) is 24.3 Å². The molecule has 0 unspecified atom stereocenters. The molecule has 1 aromatic rings. The van der Waals surface area contributed by atoms with Gasteiger partial charge in [0.2, 0.25) is 0 Å². The van der Waals surface area contributed by atoms with Gasteiger partial charge in [-0.25, -0.2) is 0 Å². The molecular weight excluding hydrogens is 234 g/mol. The fourth-order valence-corrected chi connectivity index (χ4v) is 3.01. The highest BCUT2D eigenvalue weighted by molar-refractivity contribution is 5.48. The average Bonchev–Trinajstić information content (AvgIpc) is 2.40. The molecule has 1 aliphatic carbocycles. The number of nitrogens with one attached hydrogen (secondary N) is 1. The molecule has 0 aliphatic heterocycles. The van der Waals surface area contributed by atoms with E-state index in [0.717, 1.165) is 24.2 Å². The van der Waals surface area contributed by atoms with Gasteiger partial charge in [0.15, 0.2) is 0 Å². The molecule has 0 amide bonds. The molecule has 1 fully saturated rings. The fraction of sp³-hybridized carbons (Fsp3) is 0.647. The summed E-state index contributed by atoms with van der Waals surface area (Å²) in [6.45, 7) is 7.45. The van der Waals surface area contributed by atoms with Gasteiger partial charge < -0.3 is 10.1 Å². The maximum absolute atomic E-state index is 5.54. The van der Waals surface area contributed by atoms with E-state index in [4.69, 9.17) is 4.74 Å². The van der Waals surface area contributed by atoms with E-state index in [-0.39, 0.29) is 0 Å². The topological polar surface area (TPSA) is 21.3 Å². The molecule has 0 radical (unpaired) electrons. The van der Waals surface area contributed by atoms with Crippen molar-refractivity contribution in [1.82, 2.24) is 0 Å². The van der Waals surface area contributed by atoms with Crippen LogP contribution >= 0.6 is 0 Å². The lowest BCUT2D eigenvalue weighted by atomic mass is 9.79. The van der Waals surface area contributed by atoms with Crippen LogP contribution in [0.3, 0.4) is 0 Å². The van der Waals surface area contributed by atoms with Crippen LogP contribution in [0.25, 0.3) is 0 Å². The Balaban J connectivity index is 1.86. The van der Waals surface area contributed by atoms with Gasteiger partial charge in [-0.1, -0.05) is 19.9 Å². The second kappa shape index (κ2) is 6.83. The highest BCUT2D eigenvalue weighted by Gasteiger charge is 2.22. The Hall–Kier alpha value is -1.18. The van der Waals surface area contributed by atoms with E-state index < -0.39 is 0 Å². The molecule has 2 rings (SSSR count). The van der Waals surface area contributed by atoms with Crippen LogP contribution in [0.4, 0.5) is 5.69 Å². The molecule has 1 aromatic carbocycles. The van der Waals surface area contributed by atoms with Gasteiger partial charge in [-0.2, -0.15) is 0 Å². The molecule has 0 bridgehead atoms. The molecule has 19 heavy (non-hydrogen) atoms. The first kappa shape index (κ1) is 14.2. The lowest BCUT2D eigenvalue weighted by Crippen LogP contribution is -2.27. The van der Waals surface area contributed by atoms with E-state index >= 15 is 0 Å². The molecule has 106 valence electrons. The fourth-order valence-electron chi connectivity index (χ4n) is 3.01. The minimum atomic E-state index is 0.631. The summed E-state index contributed by atoms with van der Waals surface area (Å²) in [6.07, 6.45) is 5.31. The number of rotatable bonds is 5. The lowest BCUT2D eigenvalue weighted by Gasteiger charge is -2.31. The molecule has 0 heterocycles. The van der Waals surface area contributed by atoms with Gasteiger partial charge in [0.25, 0.3) is 0 Å². The van der Waals surface area contributed by atoms with Crippen molar-refractivity contribution < 1.29 is 4.74 Å². The van der Waals surface area contributed by atoms with Gasteiger partial charge in [-0.05, 0) is 56.6 Å². The monoisotopic (exact) mass is 261 g/mol. The van der Waals surface area contributed by atoms with Crippen molar-refractivity contribution in [3.05, 3.63) is 24.3 Å². The van der Waals surface area contributed by atoms with Crippen molar-refractivity contribution in [3.63, 3.8) is 0 Å². The molecule has 0 aromatic heterocycles. The molecule has 1 saturated carbocycles. The van der Waals surface area contributed by atoms with Gasteiger partial charge in [0.1, 0.15) is 5.75 Å². The Kier molecular flexibility index (Phi) is 5.12. The zero-order valence-electron chi connectivity index (χ0n) is 12.5. The summed E-state index contributed by atoms with van der Waals surface area (Å²) < 4.78 is 5.54. The maximum atomic E-state index is 5.54. The van der Waals surface area contributed by atoms with Crippen LogP contribution in [-0.4, -0.2) is 12.6 Å². The first-order valence-electron chi connectivity index (χ1n) is 7.68. The van der Waals surface area contributed by atoms with Crippen molar-refractivity contribution in [3.8, 4) is 5.75 Å². The maximum Gasteiger partial charge on any atom is 0.121 e. The van der Waals surface area contributed by atoms with Gasteiger partial charge in [0.05, 0.1) is 6.61 Å². The summed E-state index contributed by atoms with van der Waals surface area (Å²) in [5.41, 5.74) is 1.19. The van der Waals surface area contributed by atoms with E-state index in [1.54, 1.807) is 0 Å². The number of ether oxygens (including phenoxy) is 1. The molecule has 1 N–H and O–H groups in total. The third kappa shape index (κ3) is 4.15. The molecule has 0 saturated heterocycles. The standard InChI is InChI=1S/C17H27NO/c1-4-19-17-7-5-6-16(12-17)18-15-10-8-14(9-11-15)13(2)3/h5-7,12-15,18H,4,8-11H2,1-3H3. The summed E-state index contributed by atoms with van der Waals surface area (Å²) in [5.74, 6) is 2.72. The molecule has 0 atom stereocenters. The SMILES string of the molecule is CCOc1cccc(NC2CCC(C(C)C)CC2)c1. The normalized spacial score (nSPS) is 23.4. The average molecular weight is 261 g/mol. The zero-order valence-corrected chi connectivity index (χ0v) is 12.5. The van der Waals surface area contributed by atoms with Gasteiger partial charge >= 0.3 is 0 Å². The van der Waals surface area contributed by atoms with E-state index in [9.17, 15) is 0 Å². The first-order chi connectivity index (χ1) is 9.19. The van der Waals surface area contributed by atoms with Crippen LogP contribution in [0.1, 0.15) is 46.5 Å². The number of anilines is 1. The minimum absolute atomic E-state index is 0.631. The van der Waals surface area contributed by atoms with E-state index in [1.807, 2.05) is 13.0 Å². The summed E-state index contributed by atoms with van der Waals surface area (Å²) in [7, 11) is 0. The van der Waals surface area contributed by atoms with Gasteiger partial charge in [-0.3, -0.25) is 0 Å². The smallest absolute Gasteiger partial charge is 0.121 e. The Morgan fingerprint density at radius 1 is 1.21 bits per heavy atom. The van der Waals surface area contributed by atoms with Crippen molar-refractivity contribution in [2.45, 2.75) is 52.5 Å². The molecule has 2 nitrogen and oxygen atoms in total. The van der Waals surface area contributed by atoms with E-state index in [2.05, 4.69) is 37.4 Å². The van der Waals surface area contributed by atoms with E-state index in [1.165, 1.54) is 31.4 Å². The molecule has 0 spiro atoms. The summed E-state index contributed by atoms with van der Waals surface area (Å²) in [4.78, 5) is 0. The first-order valence-corrected chi connectivity index (χ1v) is 7.68. The minimum Gasteiger partial charge on any atom is -0.494 e. The van der Waals surface area contributed by atoms with Crippen LogP contribution in [0, 0.1) is 11.8 Å². The Labute approximate surface area is 117 Å². The van der Waals surface area contributed by atoms with Crippen LogP contribution in [0.5, 0.6) is 5.75 Å². The summed E-state index contributed by atoms with van der Waals surface area (Å²) in [5, 5.41) is 3.66. The number of hydrogen-bond acceptors (Lipinski definition) is 2. The Morgan fingerprint density at radius 3 is 2.58 bits per heavy atom. The summed E-state index contributed by atoms with van der Waals surface area (Å²) >= 11 is 0. The van der Waals surface area contributed by atoms with Crippen molar-refractivity contribution in [2.75, 3.05) is 11.9 Å². The lowest BCUT2D eigenvalue weighted by molar-refractivity contribution is 0.267. The second-order valence-electron chi connectivity index (χ2n) is 5.96. The summed E-state index contributed by atoms with van der Waals surface area (Å²) in [6, 6.07) is 8.96. The van der Waals surface area contributed by atoms with Crippen molar-refractivity contribution in [2.24, 2.45) is 11.8 Å². The highest BCUT2D eigenvalue weighted by Crippen LogP contribution is 2.31. The highest BCUT2D eigenvalue weighted by atomic mass is 16.5. The molecular formula is C17H27NO. The third-order valence-corrected chi connectivity index (χ3v) is 4.23. The number of hydrogen-bond donors (Lipinski definition) is 1. The second-order valence-corrected chi connectivity index (χ2v) is 5.96. The van der Waals surface area contributed by atoms with E-state index in [0.29, 0.717) is 6.04 Å². The Morgan fingerprint density at radius 2 is 1.95 bits per heavy atom.